The van der Waals surface area contributed by atoms with Crippen molar-refractivity contribution in [1.29, 1.82) is 0 Å². The number of thiazole rings is 1. The Kier molecular flexibility index (Phi) is 4.25. The van der Waals surface area contributed by atoms with E-state index in [-0.39, 0.29) is 0 Å². The summed E-state index contributed by atoms with van der Waals surface area (Å²) < 4.78 is 0. The van der Waals surface area contributed by atoms with E-state index >= 15 is 0 Å². The van der Waals surface area contributed by atoms with Crippen LogP contribution in [0.5, 0.6) is 0 Å². The largest absolute Gasteiger partial charge is 0.329 e. The Morgan fingerprint density at radius 1 is 1.29 bits per heavy atom. The summed E-state index contributed by atoms with van der Waals surface area (Å²) in [5, 5.41) is 3.21. The summed E-state index contributed by atoms with van der Waals surface area (Å²) >= 11 is 1.69. The van der Waals surface area contributed by atoms with Gasteiger partial charge in [-0.3, -0.25) is 4.90 Å². The molecule has 4 heteroatoms. The highest BCUT2D eigenvalue weighted by atomic mass is 32.1. The summed E-state index contributed by atoms with van der Waals surface area (Å²) in [6, 6.07) is 10.3. The van der Waals surface area contributed by atoms with Gasteiger partial charge in [-0.2, -0.15) is 0 Å². The second-order valence-corrected chi connectivity index (χ2v) is 4.89. The van der Waals surface area contributed by atoms with Gasteiger partial charge in [0.05, 0.1) is 5.69 Å². The van der Waals surface area contributed by atoms with E-state index in [1.807, 2.05) is 18.2 Å². The Morgan fingerprint density at radius 3 is 2.76 bits per heavy atom. The maximum Gasteiger partial charge on any atom is 0.123 e. The number of benzene rings is 1. The molecule has 2 N–H and O–H groups in total. The number of rotatable bonds is 5. The second kappa shape index (κ2) is 5.91. The maximum absolute atomic E-state index is 5.52. The van der Waals surface area contributed by atoms with Crippen LogP contribution in [0.1, 0.15) is 5.69 Å². The standard InChI is InChI=1S/C13H17N3S/c1-16(8-7-14)9-12-10-17-13(15-12)11-5-3-2-4-6-11/h2-6,10H,7-9,14H2,1H3. The molecule has 0 spiro atoms. The minimum Gasteiger partial charge on any atom is -0.329 e. The molecule has 0 saturated heterocycles. The third-order valence-electron chi connectivity index (χ3n) is 2.52. The molecule has 0 amide bonds. The van der Waals surface area contributed by atoms with Gasteiger partial charge in [0.25, 0.3) is 0 Å². The number of nitrogens with two attached hydrogens (primary N) is 1. The van der Waals surface area contributed by atoms with Gasteiger partial charge in [-0.1, -0.05) is 30.3 Å². The predicted octanol–water partition coefficient (Wildman–Crippen LogP) is 2.20. The van der Waals surface area contributed by atoms with Gasteiger partial charge in [-0.05, 0) is 7.05 Å². The Hall–Kier alpha value is -1.23. The van der Waals surface area contributed by atoms with Crippen molar-refractivity contribution >= 4 is 11.3 Å². The molecular weight excluding hydrogens is 230 g/mol. The molecule has 0 unspecified atom stereocenters. The van der Waals surface area contributed by atoms with Crippen molar-refractivity contribution in [3.8, 4) is 10.6 Å². The fourth-order valence-corrected chi connectivity index (χ4v) is 2.49. The predicted molar refractivity (Wildman–Crippen MR) is 72.9 cm³/mol. The van der Waals surface area contributed by atoms with Crippen LogP contribution in [-0.2, 0) is 6.54 Å². The van der Waals surface area contributed by atoms with Crippen LogP contribution in [0.3, 0.4) is 0 Å². The van der Waals surface area contributed by atoms with Gasteiger partial charge in [-0.15, -0.1) is 11.3 Å². The zero-order valence-electron chi connectivity index (χ0n) is 9.97. The zero-order valence-corrected chi connectivity index (χ0v) is 10.8. The number of nitrogens with zero attached hydrogens (tertiary/aromatic N) is 2. The fraction of sp³-hybridized carbons (Fsp3) is 0.308. The summed E-state index contributed by atoms with van der Waals surface area (Å²) in [7, 11) is 2.06. The zero-order chi connectivity index (χ0) is 12.1. The highest BCUT2D eigenvalue weighted by molar-refractivity contribution is 7.13. The molecule has 0 aliphatic carbocycles. The van der Waals surface area contributed by atoms with Crippen LogP contribution in [0, 0.1) is 0 Å². The lowest BCUT2D eigenvalue weighted by atomic mass is 10.2. The molecule has 3 nitrogen and oxygen atoms in total. The molecule has 90 valence electrons. The first kappa shape index (κ1) is 12.2. The lowest BCUT2D eigenvalue weighted by Crippen LogP contribution is -2.25. The SMILES string of the molecule is CN(CCN)Cc1csc(-c2ccccc2)n1. The van der Waals surface area contributed by atoms with Crippen LogP contribution in [0.4, 0.5) is 0 Å². The van der Waals surface area contributed by atoms with E-state index < -0.39 is 0 Å². The van der Waals surface area contributed by atoms with E-state index in [9.17, 15) is 0 Å². The summed E-state index contributed by atoms with van der Waals surface area (Å²) in [5.41, 5.74) is 7.82. The monoisotopic (exact) mass is 247 g/mol. The topological polar surface area (TPSA) is 42.1 Å². The van der Waals surface area contributed by atoms with Crippen molar-refractivity contribution < 1.29 is 0 Å². The van der Waals surface area contributed by atoms with E-state index in [0.29, 0.717) is 6.54 Å². The van der Waals surface area contributed by atoms with Gasteiger partial charge in [0, 0.05) is 30.6 Å². The third kappa shape index (κ3) is 3.36. The maximum atomic E-state index is 5.52. The molecule has 0 saturated carbocycles. The lowest BCUT2D eigenvalue weighted by molar-refractivity contribution is 0.333. The Morgan fingerprint density at radius 2 is 2.06 bits per heavy atom. The average Bonchev–Trinajstić information content (AvgIpc) is 2.79. The van der Waals surface area contributed by atoms with Gasteiger partial charge in [0.1, 0.15) is 5.01 Å². The van der Waals surface area contributed by atoms with Crippen molar-refractivity contribution in [3.05, 3.63) is 41.4 Å². The Labute approximate surface area is 106 Å². The van der Waals surface area contributed by atoms with Crippen LogP contribution in [0.25, 0.3) is 10.6 Å². The molecule has 0 bridgehead atoms. The molecule has 1 aromatic carbocycles. The molecule has 1 heterocycles. The molecule has 0 radical (unpaired) electrons. The van der Waals surface area contributed by atoms with Crippen molar-refractivity contribution in [3.63, 3.8) is 0 Å². The molecule has 2 rings (SSSR count). The minimum atomic E-state index is 0.687. The highest BCUT2D eigenvalue weighted by Crippen LogP contribution is 2.23. The average molecular weight is 247 g/mol. The van der Waals surface area contributed by atoms with Crippen LogP contribution < -0.4 is 5.73 Å². The summed E-state index contributed by atoms with van der Waals surface area (Å²) in [6.07, 6.45) is 0. The summed E-state index contributed by atoms with van der Waals surface area (Å²) in [4.78, 5) is 6.82. The third-order valence-corrected chi connectivity index (χ3v) is 3.46. The normalized spacial score (nSPS) is 11.0. The molecule has 2 aromatic rings. The first-order valence-corrected chi connectivity index (χ1v) is 6.56. The van der Waals surface area contributed by atoms with E-state index in [4.69, 9.17) is 5.73 Å². The van der Waals surface area contributed by atoms with E-state index in [1.54, 1.807) is 11.3 Å². The molecule has 0 aliphatic heterocycles. The van der Waals surface area contributed by atoms with Crippen molar-refractivity contribution in [2.75, 3.05) is 20.1 Å². The number of likely N-dealkylation sites (N-methyl/N-ethyl adjacent to an activating group) is 1. The Bertz CT molecular complexity index is 453. The second-order valence-electron chi connectivity index (χ2n) is 4.04. The Balaban J connectivity index is 2.06. The fourth-order valence-electron chi connectivity index (χ4n) is 1.67. The van der Waals surface area contributed by atoms with Crippen molar-refractivity contribution in [2.45, 2.75) is 6.54 Å². The number of hydrogen-bond acceptors (Lipinski definition) is 4. The van der Waals surface area contributed by atoms with Gasteiger partial charge in [0.2, 0.25) is 0 Å². The molecular formula is C13H17N3S. The van der Waals surface area contributed by atoms with E-state index in [0.717, 1.165) is 23.8 Å². The summed E-state index contributed by atoms with van der Waals surface area (Å²) in [6.45, 7) is 2.45. The minimum absolute atomic E-state index is 0.687. The molecule has 0 aliphatic rings. The lowest BCUT2D eigenvalue weighted by Gasteiger charge is -2.12. The van der Waals surface area contributed by atoms with E-state index in [2.05, 4.69) is 34.4 Å². The van der Waals surface area contributed by atoms with Crippen LogP contribution in [0.15, 0.2) is 35.7 Å². The molecule has 1 aromatic heterocycles. The van der Waals surface area contributed by atoms with Crippen molar-refractivity contribution in [2.24, 2.45) is 5.73 Å². The van der Waals surface area contributed by atoms with Crippen LogP contribution >= 0.6 is 11.3 Å². The molecule has 0 atom stereocenters. The molecule has 17 heavy (non-hydrogen) atoms. The smallest absolute Gasteiger partial charge is 0.123 e. The van der Waals surface area contributed by atoms with Crippen molar-refractivity contribution in [1.82, 2.24) is 9.88 Å². The first-order valence-electron chi connectivity index (χ1n) is 5.68. The van der Waals surface area contributed by atoms with Crippen LogP contribution in [-0.4, -0.2) is 30.0 Å². The highest BCUT2D eigenvalue weighted by Gasteiger charge is 2.06. The number of hydrogen-bond donors (Lipinski definition) is 1. The quantitative estimate of drug-likeness (QED) is 0.880. The number of aromatic nitrogens is 1. The van der Waals surface area contributed by atoms with Gasteiger partial charge < -0.3 is 5.73 Å². The van der Waals surface area contributed by atoms with Gasteiger partial charge in [0.15, 0.2) is 0 Å². The van der Waals surface area contributed by atoms with Crippen LogP contribution in [0.2, 0.25) is 0 Å². The van der Waals surface area contributed by atoms with Gasteiger partial charge >= 0.3 is 0 Å². The van der Waals surface area contributed by atoms with Gasteiger partial charge in [-0.25, -0.2) is 4.98 Å². The molecule has 0 fully saturated rings. The summed E-state index contributed by atoms with van der Waals surface area (Å²) in [5.74, 6) is 0. The first-order chi connectivity index (χ1) is 8.29. The van der Waals surface area contributed by atoms with E-state index in [1.165, 1.54) is 5.56 Å².